The SMILES string of the molecule is CC(=O)O.Clc1cccc(Cl)c1.O. The fourth-order valence-corrected chi connectivity index (χ4v) is 0.896. The van der Waals surface area contributed by atoms with Gasteiger partial charge in [-0.25, -0.2) is 0 Å². The van der Waals surface area contributed by atoms with Gasteiger partial charge in [-0.15, -0.1) is 0 Å². The molecule has 3 nitrogen and oxygen atoms in total. The highest BCUT2D eigenvalue weighted by Gasteiger charge is 1.84. The zero-order valence-electron chi connectivity index (χ0n) is 6.92. The van der Waals surface area contributed by atoms with Crippen molar-refractivity contribution in [1.82, 2.24) is 0 Å². The second-order valence-corrected chi connectivity index (χ2v) is 2.83. The van der Waals surface area contributed by atoms with Crippen LogP contribution in [0, 0.1) is 0 Å². The molecule has 3 N–H and O–H groups in total. The van der Waals surface area contributed by atoms with E-state index in [1.54, 1.807) is 18.2 Å². The molecular formula is C8H10Cl2O3. The number of halogens is 2. The summed E-state index contributed by atoms with van der Waals surface area (Å²) in [5.74, 6) is -0.833. The zero-order chi connectivity index (χ0) is 9.56. The molecule has 0 fully saturated rings. The van der Waals surface area contributed by atoms with Gasteiger partial charge in [0.15, 0.2) is 0 Å². The predicted octanol–water partition coefficient (Wildman–Crippen LogP) is 2.26. The van der Waals surface area contributed by atoms with Crippen molar-refractivity contribution in [2.75, 3.05) is 0 Å². The number of carboxylic acids is 1. The summed E-state index contributed by atoms with van der Waals surface area (Å²) in [6, 6.07) is 7.08. The number of hydrogen-bond donors (Lipinski definition) is 1. The first-order chi connectivity index (χ1) is 5.52. The number of carboxylic acid groups (broad SMARTS) is 1. The van der Waals surface area contributed by atoms with Crippen LogP contribution in [-0.2, 0) is 4.79 Å². The molecule has 0 unspecified atom stereocenters. The highest BCUT2D eigenvalue weighted by Crippen LogP contribution is 2.13. The zero-order valence-corrected chi connectivity index (χ0v) is 8.43. The predicted molar refractivity (Wildman–Crippen MR) is 53.4 cm³/mol. The third-order valence-electron chi connectivity index (χ3n) is 0.787. The van der Waals surface area contributed by atoms with Crippen molar-refractivity contribution in [2.24, 2.45) is 0 Å². The first kappa shape index (κ1) is 14.7. The molecule has 0 aromatic heterocycles. The summed E-state index contributed by atoms with van der Waals surface area (Å²) in [5, 5.41) is 8.77. The van der Waals surface area contributed by atoms with Crippen LogP contribution >= 0.6 is 23.2 Å². The number of rotatable bonds is 0. The van der Waals surface area contributed by atoms with Crippen molar-refractivity contribution in [3.8, 4) is 0 Å². The highest BCUT2D eigenvalue weighted by molar-refractivity contribution is 6.34. The summed E-state index contributed by atoms with van der Waals surface area (Å²) in [4.78, 5) is 9.00. The number of benzene rings is 1. The third-order valence-corrected chi connectivity index (χ3v) is 1.26. The highest BCUT2D eigenvalue weighted by atomic mass is 35.5. The molecule has 74 valence electrons. The van der Waals surface area contributed by atoms with E-state index in [1.807, 2.05) is 6.07 Å². The molecule has 0 spiro atoms. The molecule has 1 rings (SSSR count). The minimum Gasteiger partial charge on any atom is -0.481 e. The Hall–Kier alpha value is -0.770. The summed E-state index contributed by atoms with van der Waals surface area (Å²) in [7, 11) is 0. The molecule has 5 heteroatoms. The monoisotopic (exact) mass is 224 g/mol. The Labute approximate surface area is 86.2 Å². The minimum atomic E-state index is -0.833. The Morgan fingerprint density at radius 1 is 1.31 bits per heavy atom. The lowest BCUT2D eigenvalue weighted by Gasteiger charge is -1.86. The molecule has 0 aliphatic rings. The van der Waals surface area contributed by atoms with Gasteiger partial charge in [-0.1, -0.05) is 29.3 Å². The quantitative estimate of drug-likeness (QED) is 0.735. The van der Waals surface area contributed by atoms with E-state index in [-0.39, 0.29) is 5.48 Å². The fraction of sp³-hybridized carbons (Fsp3) is 0.125. The Bertz CT molecular complexity index is 242. The summed E-state index contributed by atoms with van der Waals surface area (Å²) in [6.07, 6.45) is 0. The maximum Gasteiger partial charge on any atom is 0.300 e. The molecule has 0 bridgehead atoms. The van der Waals surface area contributed by atoms with Crippen LogP contribution in [0.15, 0.2) is 24.3 Å². The van der Waals surface area contributed by atoms with Crippen LogP contribution in [0.5, 0.6) is 0 Å². The Kier molecular flexibility index (Phi) is 8.91. The Morgan fingerprint density at radius 2 is 1.62 bits per heavy atom. The molecule has 1 aromatic rings. The van der Waals surface area contributed by atoms with E-state index < -0.39 is 5.97 Å². The first-order valence-electron chi connectivity index (χ1n) is 3.13. The standard InChI is InChI=1S/C6H4Cl2.C2H4O2.H2O/c7-5-2-1-3-6(8)4-5;1-2(3)4;/h1-4H;1H3,(H,3,4);1H2. The van der Waals surface area contributed by atoms with Crippen molar-refractivity contribution in [3.63, 3.8) is 0 Å². The van der Waals surface area contributed by atoms with Gasteiger partial charge in [0.2, 0.25) is 0 Å². The van der Waals surface area contributed by atoms with Gasteiger partial charge in [0.1, 0.15) is 0 Å². The van der Waals surface area contributed by atoms with Crippen LogP contribution < -0.4 is 0 Å². The lowest BCUT2D eigenvalue weighted by molar-refractivity contribution is -0.134. The molecule has 0 aliphatic carbocycles. The normalized spacial score (nSPS) is 7.62. The van der Waals surface area contributed by atoms with E-state index in [0.717, 1.165) is 6.92 Å². The minimum absolute atomic E-state index is 0. The molecule has 0 amide bonds. The van der Waals surface area contributed by atoms with Gasteiger partial charge in [0, 0.05) is 17.0 Å². The van der Waals surface area contributed by atoms with Gasteiger partial charge >= 0.3 is 0 Å². The summed E-state index contributed by atoms with van der Waals surface area (Å²) < 4.78 is 0. The summed E-state index contributed by atoms with van der Waals surface area (Å²) >= 11 is 11.1. The molecule has 13 heavy (non-hydrogen) atoms. The topological polar surface area (TPSA) is 68.8 Å². The third kappa shape index (κ3) is 11.2. The van der Waals surface area contributed by atoms with Gasteiger partial charge in [-0.3, -0.25) is 4.79 Å². The molecule has 1 aromatic carbocycles. The smallest absolute Gasteiger partial charge is 0.300 e. The molecule has 0 heterocycles. The average molecular weight is 225 g/mol. The first-order valence-corrected chi connectivity index (χ1v) is 3.88. The lowest BCUT2D eigenvalue weighted by atomic mass is 10.4. The van der Waals surface area contributed by atoms with E-state index in [9.17, 15) is 0 Å². The van der Waals surface area contributed by atoms with E-state index in [2.05, 4.69) is 0 Å². The number of hydrogen-bond acceptors (Lipinski definition) is 1. The second kappa shape index (κ2) is 7.86. The van der Waals surface area contributed by atoms with E-state index >= 15 is 0 Å². The van der Waals surface area contributed by atoms with Crippen molar-refractivity contribution in [1.29, 1.82) is 0 Å². The fourth-order valence-electron chi connectivity index (χ4n) is 0.460. The molecule has 0 aliphatic heterocycles. The maximum atomic E-state index is 9.00. The van der Waals surface area contributed by atoms with E-state index in [0.29, 0.717) is 10.0 Å². The largest absolute Gasteiger partial charge is 0.481 e. The average Bonchev–Trinajstić information content (AvgIpc) is 1.84. The van der Waals surface area contributed by atoms with Crippen LogP contribution in [0.25, 0.3) is 0 Å². The van der Waals surface area contributed by atoms with Crippen molar-refractivity contribution in [2.45, 2.75) is 6.92 Å². The van der Waals surface area contributed by atoms with Crippen LogP contribution in [0.3, 0.4) is 0 Å². The van der Waals surface area contributed by atoms with Gasteiger partial charge in [0.05, 0.1) is 0 Å². The second-order valence-electron chi connectivity index (χ2n) is 1.96. The van der Waals surface area contributed by atoms with Crippen molar-refractivity contribution < 1.29 is 15.4 Å². The Balaban J connectivity index is 0. The molecule has 0 atom stereocenters. The molecular weight excluding hydrogens is 215 g/mol. The molecule has 0 saturated heterocycles. The van der Waals surface area contributed by atoms with Crippen LogP contribution in [0.2, 0.25) is 10.0 Å². The number of carbonyl (C=O) groups is 1. The van der Waals surface area contributed by atoms with Crippen LogP contribution in [-0.4, -0.2) is 16.6 Å². The molecule has 0 saturated carbocycles. The summed E-state index contributed by atoms with van der Waals surface area (Å²) in [5.41, 5.74) is 0. The molecule has 0 radical (unpaired) electrons. The lowest BCUT2D eigenvalue weighted by Crippen LogP contribution is -1.78. The van der Waals surface area contributed by atoms with E-state index in [1.165, 1.54) is 0 Å². The van der Waals surface area contributed by atoms with Gasteiger partial charge in [0.25, 0.3) is 5.97 Å². The van der Waals surface area contributed by atoms with Crippen LogP contribution in [0.1, 0.15) is 6.92 Å². The van der Waals surface area contributed by atoms with Crippen LogP contribution in [0.4, 0.5) is 0 Å². The summed E-state index contributed by atoms with van der Waals surface area (Å²) in [6.45, 7) is 1.08. The van der Waals surface area contributed by atoms with Gasteiger partial charge < -0.3 is 10.6 Å². The Morgan fingerprint density at radius 3 is 1.77 bits per heavy atom. The van der Waals surface area contributed by atoms with E-state index in [4.69, 9.17) is 33.1 Å². The maximum absolute atomic E-state index is 9.00. The van der Waals surface area contributed by atoms with Gasteiger partial charge in [-0.05, 0) is 18.2 Å². The van der Waals surface area contributed by atoms with Crippen molar-refractivity contribution >= 4 is 29.2 Å². The van der Waals surface area contributed by atoms with Crippen molar-refractivity contribution in [3.05, 3.63) is 34.3 Å². The number of aliphatic carboxylic acids is 1. The van der Waals surface area contributed by atoms with Gasteiger partial charge in [-0.2, -0.15) is 0 Å².